The molecule has 0 aliphatic carbocycles. The second-order valence-electron chi connectivity index (χ2n) is 6.87. The molecule has 3 aromatic carbocycles. The number of carbonyl (C=O) groups is 2. The number of aromatic carboxylic acids is 1. The fourth-order valence-electron chi connectivity index (χ4n) is 3.16. The summed E-state index contributed by atoms with van der Waals surface area (Å²) in [5.74, 6) is -1.37. The molecule has 0 aliphatic heterocycles. The predicted molar refractivity (Wildman–Crippen MR) is 111 cm³/mol. The molecule has 0 aliphatic rings. The van der Waals surface area contributed by atoms with E-state index in [2.05, 4.69) is 17.4 Å². The third-order valence-electron chi connectivity index (χ3n) is 4.96. The maximum Gasteiger partial charge on any atom is 0.337 e. The van der Waals surface area contributed by atoms with Gasteiger partial charge < -0.3 is 10.4 Å². The summed E-state index contributed by atoms with van der Waals surface area (Å²) in [6, 6.07) is 20.7. The average Bonchev–Trinajstić information content (AvgIpc) is 2.69. The van der Waals surface area contributed by atoms with E-state index in [0.29, 0.717) is 11.3 Å². The van der Waals surface area contributed by atoms with Gasteiger partial charge in [0, 0.05) is 5.56 Å². The van der Waals surface area contributed by atoms with Gasteiger partial charge in [-0.2, -0.15) is 0 Å². The van der Waals surface area contributed by atoms with Crippen molar-refractivity contribution >= 4 is 17.6 Å². The fourth-order valence-corrected chi connectivity index (χ4v) is 3.16. The van der Waals surface area contributed by atoms with Crippen molar-refractivity contribution in [2.45, 2.75) is 26.7 Å². The highest BCUT2D eigenvalue weighted by atomic mass is 16.4. The van der Waals surface area contributed by atoms with Crippen LogP contribution in [0.3, 0.4) is 0 Å². The molecule has 0 atom stereocenters. The minimum absolute atomic E-state index is 0.0853. The van der Waals surface area contributed by atoms with E-state index in [1.54, 1.807) is 24.3 Å². The number of nitrogens with one attached hydrogen (secondary N) is 1. The number of carboxylic acids is 1. The molecular weight excluding hydrogens is 350 g/mol. The Bertz CT molecular complexity index is 1010. The Kier molecular flexibility index (Phi) is 5.90. The minimum Gasteiger partial charge on any atom is -0.478 e. The van der Waals surface area contributed by atoms with Crippen LogP contribution in [-0.4, -0.2) is 17.0 Å². The number of carbonyl (C=O) groups excluding carboxylic acids is 1. The topological polar surface area (TPSA) is 66.4 Å². The van der Waals surface area contributed by atoms with Gasteiger partial charge in [-0.25, -0.2) is 4.79 Å². The predicted octanol–water partition coefficient (Wildman–Crippen LogP) is 5.04. The smallest absolute Gasteiger partial charge is 0.337 e. The van der Waals surface area contributed by atoms with Gasteiger partial charge in [-0.1, -0.05) is 48.5 Å². The van der Waals surface area contributed by atoms with Gasteiger partial charge in [0.15, 0.2) is 0 Å². The van der Waals surface area contributed by atoms with Gasteiger partial charge in [0.1, 0.15) is 0 Å². The van der Waals surface area contributed by atoms with Crippen molar-refractivity contribution in [2.24, 2.45) is 0 Å². The lowest BCUT2D eigenvalue weighted by Gasteiger charge is -2.13. The highest BCUT2D eigenvalue weighted by Crippen LogP contribution is 2.22. The zero-order valence-electron chi connectivity index (χ0n) is 16.0. The second kappa shape index (κ2) is 8.53. The van der Waals surface area contributed by atoms with Gasteiger partial charge in [0.25, 0.3) is 5.91 Å². The first-order valence-corrected chi connectivity index (χ1v) is 9.23. The summed E-state index contributed by atoms with van der Waals surface area (Å²) in [5, 5.41) is 12.3. The molecule has 0 aromatic heterocycles. The van der Waals surface area contributed by atoms with E-state index < -0.39 is 5.97 Å². The highest BCUT2D eigenvalue weighted by Gasteiger charge is 2.16. The van der Waals surface area contributed by atoms with Crippen molar-refractivity contribution in [1.82, 2.24) is 0 Å². The normalized spacial score (nSPS) is 10.5. The Hall–Kier alpha value is -3.40. The van der Waals surface area contributed by atoms with Crippen molar-refractivity contribution in [3.05, 3.63) is 100 Å². The van der Waals surface area contributed by atoms with E-state index in [1.807, 2.05) is 44.2 Å². The molecule has 0 fully saturated rings. The van der Waals surface area contributed by atoms with Crippen molar-refractivity contribution in [1.29, 1.82) is 0 Å². The van der Waals surface area contributed by atoms with Crippen LogP contribution >= 0.6 is 0 Å². The molecule has 142 valence electrons. The lowest BCUT2D eigenvalue weighted by Crippen LogP contribution is -2.16. The Morgan fingerprint density at radius 2 is 1.54 bits per heavy atom. The van der Waals surface area contributed by atoms with Crippen molar-refractivity contribution in [3.8, 4) is 0 Å². The molecule has 0 saturated carbocycles. The van der Waals surface area contributed by atoms with Gasteiger partial charge in [-0.3, -0.25) is 4.79 Å². The molecule has 0 heterocycles. The fraction of sp³-hybridized carbons (Fsp3) is 0.167. The van der Waals surface area contributed by atoms with Crippen LogP contribution in [0.4, 0.5) is 5.69 Å². The Labute approximate surface area is 164 Å². The van der Waals surface area contributed by atoms with Crippen LogP contribution in [0.15, 0.2) is 66.7 Å². The van der Waals surface area contributed by atoms with Crippen LogP contribution < -0.4 is 5.32 Å². The van der Waals surface area contributed by atoms with Crippen LogP contribution in [0.1, 0.15) is 43.0 Å². The summed E-state index contributed by atoms with van der Waals surface area (Å²) in [6.45, 7) is 3.83. The molecule has 3 aromatic rings. The molecule has 3 rings (SSSR count). The van der Waals surface area contributed by atoms with E-state index in [-0.39, 0.29) is 11.5 Å². The van der Waals surface area contributed by atoms with E-state index in [9.17, 15) is 14.7 Å². The first kappa shape index (κ1) is 19.4. The zero-order chi connectivity index (χ0) is 20.1. The summed E-state index contributed by atoms with van der Waals surface area (Å²) in [7, 11) is 0. The number of hydrogen-bond donors (Lipinski definition) is 2. The third-order valence-corrected chi connectivity index (χ3v) is 4.96. The van der Waals surface area contributed by atoms with Crippen molar-refractivity contribution in [2.75, 3.05) is 5.32 Å². The number of benzene rings is 3. The monoisotopic (exact) mass is 373 g/mol. The average molecular weight is 373 g/mol. The van der Waals surface area contributed by atoms with Crippen LogP contribution in [-0.2, 0) is 12.8 Å². The Morgan fingerprint density at radius 1 is 0.821 bits per heavy atom. The third kappa shape index (κ3) is 4.46. The Morgan fingerprint density at radius 3 is 2.25 bits per heavy atom. The Balaban J connectivity index is 1.84. The van der Waals surface area contributed by atoms with Gasteiger partial charge in [0.2, 0.25) is 0 Å². The number of aryl methyl sites for hydroxylation is 3. The van der Waals surface area contributed by atoms with E-state index >= 15 is 0 Å². The quantitative estimate of drug-likeness (QED) is 0.636. The minimum atomic E-state index is -1.06. The first-order valence-electron chi connectivity index (χ1n) is 9.23. The van der Waals surface area contributed by atoms with E-state index in [1.165, 1.54) is 5.56 Å². The molecule has 0 radical (unpaired) electrons. The summed E-state index contributed by atoms with van der Waals surface area (Å²) in [6.07, 6.45) is 1.61. The van der Waals surface area contributed by atoms with Crippen LogP contribution in [0, 0.1) is 13.8 Å². The molecule has 0 spiro atoms. The molecule has 4 heteroatoms. The van der Waals surface area contributed by atoms with Gasteiger partial charge in [0.05, 0.1) is 11.3 Å². The zero-order valence-corrected chi connectivity index (χ0v) is 16.0. The number of carboxylic acid groups (broad SMARTS) is 1. The molecular formula is C24H23NO3. The molecule has 4 nitrogen and oxygen atoms in total. The highest BCUT2D eigenvalue weighted by molar-refractivity contribution is 6.08. The van der Waals surface area contributed by atoms with Crippen LogP contribution in [0.25, 0.3) is 0 Å². The molecule has 0 unspecified atom stereocenters. The lowest BCUT2D eigenvalue weighted by molar-refractivity contribution is 0.0698. The van der Waals surface area contributed by atoms with E-state index in [0.717, 1.165) is 29.5 Å². The summed E-state index contributed by atoms with van der Waals surface area (Å²) in [5.41, 5.74) is 5.05. The first-order chi connectivity index (χ1) is 13.5. The maximum absolute atomic E-state index is 12.7. The van der Waals surface area contributed by atoms with Crippen LogP contribution in [0.2, 0.25) is 0 Å². The number of amides is 1. The molecule has 2 N–H and O–H groups in total. The molecule has 28 heavy (non-hydrogen) atoms. The lowest BCUT2D eigenvalue weighted by atomic mass is 10.0. The largest absolute Gasteiger partial charge is 0.478 e. The molecule has 0 saturated heterocycles. The van der Waals surface area contributed by atoms with Crippen molar-refractivity contribution in [3.63, 3.8) is 0 Å². The SMILES string of the molecule is Cc1cccc(C(=O)Nc2cc(CCc3ccccc3)ccc2C(=O)O)c1C. The maximum atomic E-state index is 12.7. The summed E-state index contributed by atoms with van der Waals surface area (Å²) < 4.78 is 0. The summed E-state index contributed by atoms with van der Waals surface area (Å²) >= 11 is 0. The number of hydrogen-bond acceptors (Lipinski definition) is 2. The van der Waals surface area contributed by atoms with Gasteiger partial charge >= 0.3 is 5.97 Å². The second-order valence-corrected chi connectivity index (χ2v) is 6.87. The van der Waals surface area contributed by atoms with Crippen LogP contribution in [0.5, 0.6) is 0 Å². The van der Waals surface area contributed by atoms with Gasteiger partial charge in [-0.05, 0) is 67.1 Å². The molecule has 0 bridgehead atoms. The number of anilines is 1. The number of rotatable bonds is 6. The van der Waals surface area contributed by atoms with E-state index in [4.69, 9.17) is 0 Å². The van der Waals surface area contributed by atoms with Gasteiger partial charge in [-0.15, -0.1) is 0 Å². The molecule has 1 amide bonds. The standard InChI is InChI=1S/C24H23NO3/c1-16-7-6-10-20(17(16)2)23(26)25-22-15-19(13-14-21(22)24(27)28)12-11-18-8-4-3-5-9-18/h3-10,13-15H,11-12H2,1-2H3,(H,25,26)(H,27,28). The van der Waals surface area contributed by atoms with Crippen molar-refractivity contribution < 1.29 is 14.7 Å². The summed E-state index contributed by atoms with van der Waals surface area (Å²) in [4.78, 5) is 24.3.